The number of aromatic carboxylic acids is 1. The van der Waals surface area contributed by atoms with E-state index in [1.54, 1.807) is 9.36 Å². The minimum atomic E-state index is -1.04. The van der Waals surface area contributed by atoms with Crippen LogP contribution in [0.5, 0.6) is 0 Å². The first-order chi connectivity index (χ1) is 9.81. The Balaban J connectivity index is 2.42. The number of hydrogen-bond acceptors (Lipinski definition) is 4. The minimum absolute atomic E-state index is 0.0266. The fraction of sp³-hybridized carbons (Fsp3) is 0.538. The van der Waals surface area contributed by atoms with E-state index >= 15 is 0 Å². The van der Waals surface area contributed by atoms with Crippen LogP contribution in [0.4, 0.5) is 0 Å². The number of carboxylic acid groups (broad SMARTS) is 1. The summed E-state index contributed by atoms with van der Waals surface area (Å²) in [6, 6.07) is 0. The second-order valence-electron chi connectivity index (χ2n) is 5.42. The molecule has 2 rings (SSSR count). The SMILES string of the molecule is Cc1nn(C)c(Cn2nnc(C(=O)O)c2CC(C)C)c1Br. The van der Waals surface area contributed by atoms with Gasteiger partial charge in [-0.2, -0.15) is 5.10 Å². The van der Waals surface area contributed by atoms with Crippen LogP contribution in [0.25, 0.3) is 0 Å². The summed E-state index contributed by atoms with van der Waals surface area (Å²) in [7, 11) is 1.85. The molecule has 0 bridgehead atoms. The second-order valence-corrected chi connectivity index (χ2v) is 6.21. The van der Waals surface area contributed by atoms with Crippen LogP contribution in [0.2, 0.25) is 0 Å². The molecule has 1 N–H and O–H groups in total. The summed E-state index contributed by atoms with van der Waals surface area (Å²) < 4.78 is 4.32. The zero-order valence-electron chi connectivity index (χ0n) is 12.5. The lowest BCUT2D eigenvalue weighted by Gasteiger charge is -2.10. The molecule has 0 aliphatic carbocycles. The van der Waals surface area contributed by atoms with Gasteiger partial charge in [0.15, 0.2) is 5.69 Å². The maximum Gasteiger partial charge on any atom is 0.358 e. The first-order valence-corrected chi connectivity index (χ1v) is 7.44. The third-order valence-corrected chi connectivity index (χ3v) is 4.23. The van der Waals surface area contributed by atoms with E-state index in [0.717, 1.165) is 15.9 Å². The van der Waals surface area contributed by atoms with Crippen LogP contribution < -0.4 is 0 Å². The van der Waals surface area contributed by atoms with Gasteiger partial charge in [-0.05, 0) is 35.2 Å². The van der Waals surface area contributed by atoms with Crippen molar-refractivity contribution in [3.63, 3.8) is 0 Å². The zero-order chi connectivity index (χ0) is 15.7. The summed E-state index contributed by atoms with van der Waals surface area (Å²) in [6.07, 6.45) is 0.614. The van der Waals surface area contributed by atoms with Crippen molar-refractivity contribution in [2.45, 2.75) is 33.7 Å². The van der Waals surface area contributed by atoms with Crippen molar-refractivity contribution in [3.8, 4) is 0 Å². The van der Waals surface area contributed by atoms with E-state index in [1.165, 1.54) is 0 Å². The van der Waals surface area contributed by atoms with Gasteiger partial charge in [0.1, 0.15) is 0 Å². The summed E-state index contributed by atoms with van der Waals surface area (Å²) >= 11 is 3.51. The average Bonchev–Trinajstić information content (AvgIpc) is 2.86. The second kappa shape index (κ2) is 5.97. The van der Waals surface area contributed by atoms with Gasteiger partial charge in [0, 0.05) is 7.05 Å². The van der Waals surface area contributed by atoms with Crippen LogP contribution in [0.3, 0.4) is 0 Å². The predicted octanol–water partition coefficient (Wildman–Crippen LogP) is 2.03. The van der Waals surface area contributed by atoms with Crippen molar-refractivity contribution in [2.75, 3.05) is 0 Å². The maximum atomic E-state index is 11.3. The smallest absolute Gasteiger partial charge is 0.358 e. The molecule has 7 nitrogen and oxygen atoms in total. The van der Waals surface area contributed by atoms with Crippen molar-refractivity contribution in [2.24, 2.45) is 13.0 Å². The summed E-state index contributed by atoms with van der Waals surface area (Å²) in [4.78, 5) is 11.3. The van der Waals surface area contributed by atoms with E-state index in [2.05, 4.69) is 31.3 Å². The lowest BCUT2D eigenvalue weighted by molar-refractivity contribution is 0.0689. The Hall–Kier alpha value is -1.70. The van der Waals surface area contributed by atoms with E-state index in [4.69, 9.17) is 0 Å². The van der Waals surface area contributed by atoms with Crippen LogP contribution in [-0.2, 0) is 20.0 Å². The van der Waals surface area contributed by atoms with Gasteiger partial charge in [0.25, 0.3) is 0 Å². The molecule has 0 spiro atoms. The summed E-state index contributed by atoms with van der Waals surface area (Å²) in [5, 5.41) is 21.4. The first-order valence-electron chi connectivity index (χ1n) is 6.64. The quantitative estimate of drug-likeness (QED) is 0.886. The predicted molar refractivity (Wildman–Crippen MR) is 80.3 cm³/mol. The van der Waals surface area contributed by atoms with Gasteiger partial charge < -0.3 is 5.11 Å². The van der Waals surface area contributed by atoms with E-state index in [0.29, 0.717) is 24.6 Å². The highest BCUT2D eigenvalue weighted by Gasteiger charge is 2.21. The molecule has 0 aliphatic rings. The lowest BCUT2D eigenvalue weighted by Crippen LogP contribution is -2.14. The van der Waals surface area contributed by atoms with E-state index in [1.807, 2.05) is 27.8 Å². The Kier molecular flexibility index (Phi) is 4.46. The molecular weight excluding hydrogens is 338 g/mol. The molecule has 0 fully saturated rings. The number of hydrogen-bond donors (Lipinski definition) is 1. The molecule has 0 saturated heterocycles. The number of aromatic nitrogens is 5. The van der Waals surface area contributed by atoms with Gasteiger partial charge in [-0.1, -0.05) is 19.1 Å². The average molecular weight is 356 g/mol. The molecule has 2 aromatic rings. The molecule has 0 atom stereocenters. The van der Waals surface area contributed by atoms with Crippen LogP contribution in [-0.4, -0.2) is 35.9 Å². The van der Waals surface area contributed by atoms with Crippen molar-refractivity contribution >= 4 is 21.9 Å². The number of carboxylic acids is 1. The third-order valence-electron chi connectivity index (χ3n) is 3.20. The highest BCUT2D eigenvalue weighted by Crippen LogP contribution is 2.22. The summed E-state index contributed by atoms with van der Waals surface area (Å²) in [5.74, 6) is -0.728. The zero-order valence-corrected chi connectivity index (χ0v) is 14.0. The molecule has 2 heterocycles. The maximum absolute atomic E-state index is 11.3. The Morgan fingerprint density at radius 3 is 2.52 bits per heavy atom. The molecule has 2 aromatic heterocycles. The Labute approximate surface area is 131 Å². The first kappa shape index (κ1) is 15.7. The molecule has 0 saturated carbocycles. The Morgan fingerprint density at radius 1 is 1.38 bits per heavy atom. The lowest BCUT2D eigenvalue weighted by atomic mass is 10.1. The number of nitrogens with zero attached hydrogens (tertiary/aromatic N) is 5. The largest absolute Gasteiger partial charge is 0.476 e. The minimum Gasteiger partial charge on any atom is -0.476 e. The van der Waals surface area contributed by atoms with Crippen molar-refractivity contribution in [1.29, 1.82) is 0 Å². The highest BCUT2D eigenvalue weighted by atomic mass is 79.9. The molecule has 0 amide bonds. The normalized spacial score (nSPS) is 11.3. The molecular formula is C13H18BrN5O2. The van der Waals surface area contributed by atoms with Gasteiger partial charge in [-0.3, -0.25) is 4.68 Å². The third kappa shape index (κ3) is 3.15. The van der Waals surface area contributed by atoms with E-state index in [-0.39, 0.29) is 5.69 Å². The molecule has 114 valence electrons. The fourth-order valence-corrected chi connectivity index (χ4v) is 2.67. The van der Waals surface area contributed by atoms with E-state index < -0.39 is 5.97 Å². The number of halogens is 1. The molecule has 0 aromatic carbocycles. The molecule has 0 aliphatic heterocycles. The van der Waals surface area contributed by atoms with E-state index in [9.17, 15) is 9.90 Å². The van der Waals surface area contributed by atoms with Crippen molar-refractivity contribution in [1.82, 2.24) is 24.8 Å². The van der Waals surface area contributed by atoms with Crippen LogP contribution in [0.1, 0.15) is 41.4 Å². The number of carbonyl (C=O) groups is 1. The Morgan fingerprint density at radius 2 is 2.05 bits per heavy atom. The Bertz CT molecular complexity index is 674. The van der Waals surface area contributed by atoms with Crippen molar-refractivity contribution in [3.05, 3.63) is 27.2 Å². The molecule has 8 heteroatoms. The highest BCUT2D eigenvalue weighted by molar-refractivity contribution is 9.10. The van der Waals surface area contributed by atoms with Crippen LogP contribution in [0.15, 0.2) is 4.47 Å². The summed E-state index contributed by atoms with van der Waals surface area (Å²) in [6.45, 7) is 6.41. The van der Waals surface area contributed by atoms with Crippen molar-refractivity contribution < 1.29 is 9.90 Å². The van der Waals surface area contributed by atoms with Crippen LogP contribution >= 0.6 is 15.9 Å². The monoisotopic (exact) mass is 355 g/mol. The summed E-state index contributed by atoms with van der Waals surface area (Å²) in [5.41, 5.74) is 2.48. The number of aryl methyl sites for hydroxylation is 2. The topological polar surface area (TPSA) is 85.8 Å². The molecule has 21 heavy (non-hydrogen) atoms. The van der Waals surface area contributed by atoms with Gasteiger partial charge in [0.05, 0.1) is 28.1 Å². The standard InChI is InChI=1S/C13H18BrN5O2/c1-7(2)5-9-12(13(20)21)15-17-19(9)6-10-11(14)8(3)16-18(10)4/h7H,5-6H2,1-4H3,(H,20,21). The molecule has 0 unspecified atom stereocenters. The van der Waals surface area contributed by atoms with Gasteiger partial charge in [-0.25, -0.2) is 9.48 Å². The van der Waals surface area contributed by atoms with Crippen LogP contribution in [0, 0.1) is 12.8 Å². The van der Waals surface area contributed by atoms with Gasteiger partial charge >= 0.3 is 5.97 Å². The molecule has 0 radical (unpaired) electrons. The number of rotatable bonds is 5. The van der Waals surface area contributed by atoms with Gasteiger partial charge in [0.2, 0.25) is 0 Å². The van der Waals surface area contributed by atoms with Gasteiger partial charge in [-0.15, -0.1) is 5.10 Å². The fourth-order valence-electron chi connectivity index (χ4n) is 2.21.